The molecule has 62 heavy (non-hydrogen) atoms. The summed E-state index contributed by atoms with van der Waals surface area (Å²) in [7, 11) is 0. The van der Waals surface area contributed by atoms with Crippen molar-refractivity contribution in [3.05, 3.63) is 97.2 Å². The molecule has 6 nitrogen and oxygen atoms in total. The molecule has 0 aromatic heterocycles. The molecule has 3 N–H and O–H groups in total. The molecule has 0 spiro atoms. The number of rotatable bonds is 44. The van der Waals surface area contributed by atoms with E-state index in [4.69, 9.17) is 4.74 Å². The van der Waals surface area contributed by atoms with Crippen molar-refractivity contribution in [1.29, 1.82) is 0 Å². The van der Waals surface area contributed by atoms with Gasteiger partial charge in [0.15, 0.2) is 0 Å². The van der Waals surface area contributed by atoms with Gasteiger partial charge in [-0.2, -0.15) is 0 Å². The molecule has 0 aromatic carbocycles. The van der Waals surface area contributed by atoms with Crippen LogP contribution in [0.1, 0.15) is 220 Å². The Labute approximate surface area is 382 Å². The zero-order valence-corrected chi connectivity index (χ0v) is 40.2. The predicted octanol–water partition coefficient (Wildman–Crippen LogP) is 15.3. The molecule has 1 amide bonds. The second-order valence-corrected chi connectivity index (χ2v) is 17.0. The summed E-state index contributed by atoms with van der Waals surface area (Å²) in [5.41, 5.74) is 0. The Morgan fingerprint density at radius 2 is 0.887 bits per heavy atom. The zero-order valence-electron chi connectivity index (χ0n) is 40.2. The highest BCUT2D eigenvalue weighted by molar-refractivity contribution is 5.77. The van der Waals surface area contributed by atoms with Crippen molar-refractivity contribution in [2.24, 2.45) is 0 Å². The van der Waals surface area contributed by atoms with Crippen LogP contribution in [0.5, 0.6) is 0 Å². The highest BCUT2D eigenvalue weighted by atomic mass is 16.5. The van der Waals surface area contributed by atoms with Gasteiger partial charge in [0.05, 0.1) is 25.2 Å². The maximum atomic E-state index is 13.2. The van der Waals surface area contributed by atoms with Crippen LogP contribution in [0.4, 0.5) is 0 Å². The van der Waals surface area contributed by atoms with Crippen LogP contribution in [0.2, 0.25) is 0 Å². The van der Waals surface area contributed by atoms with E-state index >= 15 is 0 Å². The van der Waals surface area contributed by atoms with Crippen LogP contribution in [-0.2, 0) is 14.3 Å². The molecule has 3 atom stereocenters. The third-order valence-electron chi connectivity index (χ3n) is 11.1. The van der Waals surface area contributed by atoms with Crippen molar-refractivity contribution in [3.8, 4) is 0 Å². The van der Waals surface area contributed by atoms with Crippen LogP contribution in [-0.4, -0.2) is 46.9 Å². The molecule has 0 aromatic rings. The van der Waals surface area contributed by atoms with Crippen LogP contribution in [0.25, 0.3) is 0 Å². The number of allylic oxidation sites excluding steroid dienone is 16. The van der Waals surface area contributed by atoms with E-state index in [0.717, 1.165) is 77.0 Å². The highest BCUT2D eigenvalue weighted by Crippen LogP contribution is 2.16. The number of unbranched alkanes of at least 4 members (excludes halogenated alkanes) is 22. The van der Waals surface area contributed by atoms with Gasteiger partial charge in [-0.25, -0.2) is 0 Å². The van der Waals surface area contributed by atoms with Crippen molar-refractivity contribution in [3.63, 3.8) is 0 Å². The van der Waals surface area contributed by atoms with Gasteiger partial charge in [-0.15, -0.1) is 0 Å². The van der Waals surface area contributed by atoms with Gasteiger partial charge in [0.2, 0.25) is 5.91 Å². The molecule has 0 fully saturated rings. The fourth-order valence-electron chi connectivity index (χ4n) is 7.22. The first kappa shape index (κ1) is 58.8. The second kappa shape index (κ2) is 48.8. The molecule has 0 aliphatic rings. The van der Waals surface area contributed by atoms with E-state index in [-0.39, 0.29) is 24.9 Å². The van der Waals surface area contributed by atoms with Gasteiger partial charge < -0.3 is 20.3 Å². The maximum absolute atomic E-state index is 13.2. The minimum absolute atomic E-state index is 0.0149. The Balaban J connectivity index is 4.75. The lowest BCUT2D eigenvalue weighted by atomic mass is 10.0. The third kappa shape index (κ3) is 43.4. The highest BCUT2D eigenvalue weighted by Gasteiger charge is 2.24. The minimum atomic E-state index is -0.815. The third-order valence-corrected chi connectivity index (χ3v) is 11.1. The fourth-order valence-corrected chi connectivity index (χ4v) is 7.22. The summed E-state index contributed by atoms with van der Waals surface area (Å²) < 4.78 is 5.89. The Morgan fingerprint density at radius 1 is 0.484 bits per heavy atom. The van der Waals surface area contributed by atoms with Gasteiger partial charge in [0.1, 0.15) is 6.10 Å². The molecular formula is C56H95NO5. The number of esters is 1. The number of aliphatic hydroxyl groups is 2. The lowest BCUT2D eigenvalue weighted by molar-refractivity contribution is -0.151. The van der Waals surface area contributed by atoms with Crippen molar-refractivity contribution in [1.82, 2.24) is 5.32 Å². The van der Waals surface area contributed by atoms with Gasteiger partial charge >= 0.3 is 5.97 Å². The van der Waals surface area contributed by atoms with Crippen LogP contribution in [0.15, 0.2) is 97.2 Å². The summed E-state index contributed by atoms with van der Waals surface area (Å²) in [6.45, 7) is 6.29. The molecule has 0 saturated carbocycles. The van der Waals surface area contributed by atoms with Crippen LogP contribution < -0.4 is 5.32 Å². The minimum Gasteiger partial charge on any atom is -0.462 e. The number of aliphatic hydroxyl groups excluding tert-OH is 2. The standard InChI is InChI=1S/C56H95NO5/c1-4-7-10-13-16-19-22-24-26-27-28-30-32-34-37-40-43-46-49-56(61)62-52(47-44-41-38-35-33-31-29-25-23-20-17-14-11-8-5-2)50-55(60)57-53(51-58)54(59)48-45-42-39-36-21-18-15-12-9-6-3/h8,11,14,17,20,23,25-31,33,35,38,52-54,58-59H,4-7,9-10,12-13,15-16,18-19,21-22,24,32,34,36-37,39-51H2,1-3H3,(H,57,60)/b11-8-,17-14+,23-20+,27-26+,29-25-,30-28+,33-31+,38-35+. The number of carbonyl (C=O) groups is 2. The SMILES string of the molecule is CC\C=C/C=C/C=C/C=C\C=C\C=C\CCCC(CC(=O)NC(CO)C(O)CCCCCCCCCCCC)OC(=O)CCCCCCC/C=C/C=C/CCCCCCCCC. The number of carbonyl (C=O) groups excluding carboxylic acids is 2. The Kier molecular flexibility index (Phi) is 46.3. The van der Waals surface area contributed by atoms with Crippen LogP contribution in [0.3, 0.4) is 0 Å². The monoisotopic (exact) mass is 862 g/mol. The molecule has 0 rings (SSSR count). The summed E-state index contributed by atoms with van der Waals surface area (Å²) in [6.07, 6.45) is 64.7. The van der Waals surface area contributed by atoms with Crippen molar-refractivity contribution in [2.75, 3.05) is 6.61 Å². The average molecular weight is 862 g/mol. The van der Waals surface area contributed by atoms with Crippen LogP contribution >= 0.6 is 0 Å². The maximum Gasteiger partial charge on any atom is 0.306 e. The van der Waals surface area contributed by atoms with Crippen molar-refractivity contribution in [2.45, 2.75) is 238 Å². The zero-order chi connectivity index (χ0) is 45.2. The molecule has 0 radical (unpaired) electrons. The van der Waals surface area contributed by atoms with E-state index in [1.807, 2.05) is 60.8 Å². The molecule has 3 unspecified atom stereocenters. The van der Waals surface area contributed by atoms with E-state index in [9.17, 15) is 19.8 Å². The summed E-state index contributed by atoms with van der Waals surface area (Å²) >= 11 is 0. The lowest BCUT2D eigenvalue weighted by Crippen LogP contribution is -2.46. The summed E-state index contributed by atoms with van der Waals surface area (Å²) in [6, 6.07) is -0.734. The topological polar surface area (TPSA) is 95.9 Å². The number of hydrogen-bond donors (Lipinski definition) is 3. The molecule has 0 aliphatic carbocycles. The van der Waals surface area contributed by atoms with Gasteiger partial charge in [0, 0.05) is 6.42 Å². The molecular weight excluding hydrogens is 767 g/mol. The van der Waals surface area contributed by atoms with Gasteiger partial charge in [0.25, 0.3) is 0 Å². The molecule has 6 heteroatoms. The van der Waals surface area contributed by atoms with Gasteiger partial charge in [-0.1, -0.05) is 240 Å². The van der Waals surface area contributed by atoms with Crippen molar-refractivity contribution < 1.29 is 24.5 Å². The van der Waals surface area contributed by atoms with Gasteiger partial charge in [-0.05, 0) is 64.2 Å². The predicted molar refractivity (Wildman–Crippen MR) is 268 cm³/mol. The van der Waals surface area contributed by atoms with E-state index in [1.165, 1.54) is 96.3 Å². The quantitative estimate of drug-likeness (QED) is 0.0322. The van der Waals surface area contributed by atoms with Crippen molar-refractivity contribution >= 4 is 11.9 Å². The van der Waals surface area contributed by atoms with Gasteiger partial charge in [-0.3, -0.25) is 9.59 Å². The largest absolute Gasteiger partial charge is 0.462 e. The first-order chi connectivity index (χ1) is 30.5. The van der Waals surface area contributed by atoms with Crippen LogP contribution in [0, 0.1) is 0 Å². The lowest BCUT2D eigenvalue weighted by Gasteiger charge is -2.24. The first-order valence-corrected chi connectivity index (χ1v) is 25.6. The number of ether oxygens (including phenoxy) is 1. The Bertz CT molecular complexity index is 1240. The Hall–Kier alpha value is -3.22. The molecule has 0 aliphatic heterocycles. The fraction of sp³-hybridized carbons (Fsp3) is 0.679. The average Bonchev–Trinajstić information content (AvgIpc) is 3.26. The molecule has 0 heterocycles. The normalized spacial score (nSPS) is 14.1. The molecule has 0 bridgehead atoms. The Morgan fingerprint density at radius 3 is 1.37 bits per heavy atom. The summed E-state index contributed by atoms with van der Waals surface area (Å²) in [5, 5.41) is 23.7. The first-order valence-electron chi connectivity index (χ1n) is 25.6. The van der Waals surface area contributed by atoms with E-state index in [2.05, 4.69) is 62.5 Å². The number of amides is 1. The summed E-state index contributed by atoms with van der Waals surface area (Å²) in [4.78, 5) is 26.1. The van der Waals surface area contributed by atoms with E-state index < -0.39 is 18.2 Å². The molecule has 0 saturated heterocycles. The number of nitrogens with one attached hydrogen (secondary N) is 1. The smallest absolute Gasteiger partial charge is 0.306 e. The summed E-state index contributed by atoms with van der Waals surface area (Å²) in [5.74, 6) is -0.574. The molecule has 354 valence electrons. The second-order valence-electron chi connectivity index (χ2n) is 17.0. The number of hydrogen-bond acceptors (Lipinski definition) is 5. The van der Waals surface area contributed by atoms with E-state index in [1.54, 1.807) is 0 Å². The van der Waals surface area contributed by atoms with E-state index in [0.29, 0.717) is 19.3 Å².